The maximum absolute atomic E-state index is 6.28. The maximum Gasteiger partial charge on any atom is 0.179 e. The molecule has 20 heavy (non-hydrogen) atoms. The van der Waals surface area contributed by atoms with Crippen LogP contribution in [0.2, 0.25) is 5.02 Å². The molecular formula is C15H23ClN2O2. The van der Waals surface area contributed by atoms with E-state index in [1.54, 1.807) is 14.2 Å². The number of hydrogen-bond acceptors (Lipinski definition) is 4. The minimum Gasteiger partial charge on any atom is -0.493 e. The Morgan fingerprint density at radius 3 is 2.45 bits per heavy atom. The first-order valence-electron chi connectivity index (χ1n) is 7.08. The van der Waals surface area contributed by atoms with Gasteiger partial charge in [0.05, 0.1) is 19.2 Å². The molecule has 1 fully saturated rings. The van der Waals surface area contributed by atoms with Crippen molar-refractivity contribution >= 4 is 11.6 Å². The SMILES string of the molecule is COc1cc(C(NN)C2CCCCC2)cc(Cl)c1OC. The van der Waals surface area contributed by atoms with Crippen molar-refractivity contribution in [1.82, 2.24) is 5.43 Å². The highest BCUT2D eigenvalue weighted by molar-refractivity contribution is 6.32. The molecule has 1 aliphatic rings. The molecular weight excluding hydrogens is 276 g/mol. The lowest BCUT2D eigenvalue weighted by Gasteiger charge is -2.30. The molecule has 0 bridgehead atoms. The number of nitrogens with two attached hydrogens (primary N) is 1. The van der Waals surface area contributed by atoms with E-state index in [1.165, 1.54) is 32.1 Å². The Bertz CT molecular complexity index is 448. The molecule has 5 heteroatoms. The van der Waals surface area contributed by atoms with E-state index in [0.29, 0.717) is 22.4 Å². The van der Waals surface area contributed by atoms with E-state index < -0.39 is 0 Å². The first-order chi connectivity index (χ1) is 9.71. The monoisotopic (exact) mass is 298 g/mol. The smallest absolute Gasteiger partial charge is 0.179 e. The highest BCUT2D eigenvalue weighted by atomic mass is 35.5. The van der Waals surface area contributed by atoms with Crippen molar-refractivity contribution in [3.05, 3.63) is 22.7 Å². The van der Waals surface area contributed by atoms with Crippen molar-refractivity contribution in [3.8, 4) is 11.5 Å². The molecule has 112 valence electrons. The molecule has 2 rings (SSSR count). The van der Waals surface area contributed by atoms with Crippen LogP contribution in [0, 0.1) is 5.92 Å². The van der Waals surface area contributed by atoms with Gasteiger partial charge in [0.1, 0.15) is 0 Å². The van der Waals surface area contributed by atoms with E-state index in [2.05, 4.69) is 5.43 Å². The summed E-state index contributed by atoms with van der Waals surface area (Å²) in [6.45, 7) is 0. The largest absolute Gasteiger partial charge is 0.493 e. The van der Waals surface area contributed by atoms with Crippen molar-refractivity contribution in [2.24, 2.45) is 11.8 Å². The summed E-state index contributed by atoms with van der Waals surface area (Å²) >= 11 is 6.28. The standard InChI is InChI=1S/C15H23ClN2O2/c1-19-13-9-11(8-12(16)15(13)20-2)14(18-17)10-6-4-3-5-7-10/h8-10,14,18H,3-7,17H2,1-2H3. The van der Waals surface area contributed by atoms with Gasteiger partial charge in [0.2, 0.25) is 0 Å². The van der Waals surface area contributed by atoms with Gasteiger partial charge in [-0.25, -0.2) is 0 Å². The maximum atomic E-state index is 6.28. The lowest BCUT2D eigenvalue weighted by molar-refractivity contribution is 0.272. The fourth-order valence-corrected chi connectivity index (χ4v) is 3.39. The molecule has 1 aromatic carbocycles. The summed E-state index contributed by atoms with van der Waals surface area (Å²) in [6, 6.07) is 3.99. The normalized spacial score (nSPS) is 17.8. The topological polar surface area (TPSA) is 56.5 Å². The van der Waals surface area contributed by atoms with E-state index in [1.807, 2.05) is 12.1 Å². The van der Waals surface area contributed by atoms with Crippen LogP contribution in [0.3, 0.4) is 0 Å². The lowest BCUT2D eigenvalue weighted by Crippen LogP contribution is -2.34. The van der Waals surface area contributed by atoms with E-state index in [9.17, 15) is 0 Å². The summed E-state index contributed by atoms with van der Waals surface area (Å²) in [5.41, 5.74) is 4.01. The van der Waals surface area contributed by atoms with Gasteiger partial charge >= 0.3 is 0 Å². The van der Waals surface area contributed by atoms with Crippen molar-refractivity contribution < 1.29 is 9.47 Å². The number of halogens is 1. The van der Waals surface area contributed by atoms with Crippen LogP contribution >= 0.6 is 11.6 Å². The number of methoxy groups -OCH3 is 2. The molecule has 1 aliphatic carbocycles. The molecule has 0 amide bonds. The molecule has 1 unspecified atom stereocenters. The van der Waals surface area contributed by atoms with Gasteiger partial charge in [-0.2, -0.15) is 0 Å². The van der Waals surface area contributed by atoms with Crippen molar-refractivity contribution in [2.45, 2.75) is 38.1 Å². The van der Waals surface area contributed by atoms with Gasteiger partial charge in [-0.3, -0.25) is 11.3 Å². The summed E-state index contributed by atoms with van der Waals surface area (Å²) in [6.07, 6.45) is 6.25. The third-order valence-electron chi connectivity index (χ3n) is 4.12. The van der Waals surface area contributed by atoms with Crippen molar-refractivity contribution in [1.29, 1.82) is 0 Å². The second-order valence-corrected chi connectivity index (χ2v) is 5.69. The minimum atomic E-state index is 0.104. The van der Waals surface area contributed by atoms with Crippen LogP contribution < -0.4 is 20.7 Å². The zero-order valence-electron chi connectivity index (χ0n) is 12.1. The van der Waals surface area contributed by atoms with E-state index in [4.69, 9.17) is 26.9 Å². The zero-order chi connectivity index (χ0) is 14.5. The molecule has 0 heterocycles. The number of hydrogen-bond donors (Lipinski definition) is 2. The molecule has 1 saturated carbocycles. The summed E-state index contributed by atoms with van der Waals surface area (Å²) in [5.74, 6) is 7.54. The highest BCUT2D eigenvalue weighted by Crippen LogP contribution is 2.41. The zero-order valence-corrected chi connectivity index (χ0v) is 12.9. The van der Waals surface area contributed by atoms with Crippen LogP contribution in [0.1, 0.15) is 43.7 Å². The minimum absolute atomic E-state index is 0.104. The number of nitrogens with one attached hydrogen (secondary N) is 1. The molecule has 3 N–H and O–H groups in total. The summed E-state index contributed by atoms with van der Waals surface area (Å²) in [4.78, 5) is 0. The van der Waals surface area contributed by atoms with Crippen molar-refractivity contribution in [3.63, 3.8) is 0 Å². The van der Waals surface area contributed by atoms with Gasteiger partial charge < -0.3 is 9.47 Å². The molecule has 4 nitrogen and oxygen atoms in total. The molecule has 0 saturated heterocycles. The lowest BCUT2D eigenvalue weighted by atomic mass is 9.81. The molecule has 0 aromatic heterocycles. The Morgan fingerprint density at radius 2 is 1.90 bits per heavy atom. The van der Waals surface area contributed by atoms with E-state index >= 15 is 0 Å². The van der Waals surface area contributed by atoms with E-state index in [-0.39, 0.29) is 6.04 Å². The summed E-state index contributed by atoms with van der Waals surface area (Å²) in [5, 5.41) is 0.554. The Labute approximate surface area is 125 Å². The van der Waals surface area contributed by atoms with Gasteiger partial charge in [-0.15, -0.1) is 0 Å². The quantitative estimate of drug-likeness (QED) is 0.646. The van der Waals surface area contributed by atoms with Crippen LogP contribution in [0.4, 0.5) is 0 Å². The van der Waals surface area contributed by atoms with Gasteiger partial charge in [-0.05, 0) is 36.5 Å². The third-order valence-corrected chi connectivity index (χ3v) is 4.40. The average Bonchev–Trinajstić information content (AvgIpc) is 2.48. The predicted molar refractivity (Wildman–Crippen MR) is 81.2 cm³/mol. The van der Waals surface area contributed by atoms with Crippen molar-refractivity contribution in [2.75, 3.05) is 14.2 Å². The third kappa shape index (κ3) is 3.19. The first kappa shape index (κ1) is 15.4. The highest BCUT2D eigenvalue weighted by Gasteiger charge is 2.26. The summed E-state index contributed by atoms with van der Waals surface area (Å²) < 4.78 is 10.6. The summed E-state index contributed by atoms with van der Waals surface area (Å²) in [7, 11) is 3.20. The number of hydrazine groups is 1. The average molecular weight is 299 g/mol. The molecule has 1 atom stereocenters. The fraction of sp³-hybridized carbons (Fsp3) is 0.600. The van der Waals surface area contributed by atoms with Crippen LogP contribution in [0.25, 0.3) is 0 Å². The molecule has 0 radical (unpaired) electrons. The Hall–Kier alpha value is -0.970. The van der Waals surface area contributed by atoms with Crippen LogP contribution in [0.15, 0.2) is 12.1 Å². The van der Waals surface area contributed by atoms with Gasteiger partial charge in [0.15, 0.2) is 11.5 Å². The van der Waals surface area contributed by atoms with Gasteiger partial charge in [0.25, 0.3) is 0 Å². The van der Waals surface area contributed by atoms with Gasteiger partial charge in [-0.1, -0.05) is 30.9 Å². The number of rotatable bonds is 5. The predicted octanol–water partition coefficient (Wildman–Crippen LogP) is 3.44. The fourth-order valence-electron chi connectivity index (χ4n) is 3.09. The second kappa shape index (κ2) is 7.16. The Morgan fingerprint density at radius 1 is 1.20 bits per heavy atom. The Kier molecular flexibility index (Phi) is 5.52. The molecule has 0 aliphatic heterocycles. The van der Waals surface area contributed by atoms with Crippen LogP contribution in [0.5, 0.6) is 11.5 Å². The molecule has 0 spiro atoms. The van der Waals surface area contributed by atoms with Crippen LogP contribution in [-0.4, -0.2) is 14.2 Å². The first-order valence-corrected chi connectivity index (χ1v) is 7.46. The molecule has 1 aromatic rings. The van der Waals surface area contributed by atoms with E-state index in [0.717, 1.165) is 5.56 Å². The Balaban J connectivity index is 2.31. The number of ether oxygens (including phenoxy) is 2. The van der Waals surface area contributed by atoms with Gasteiger partial charge in [0, 0.05) is 6.04 Å². The second-order valence-electron chi connectivity index (χ2n) is 5.28. The number of benzene rings is 1. The van der Waals surface area contributed by atoms with Crippen LogP contribution in [-0.2, 0) is 0 Å².